The van der Waals surface area contributed by atoms with Gasteiger partial charge in [-0.2, -0.15) is 0 Å². The maximum absolute atomic E-state index is 2.28. The van der Waals surface area contributed by atoms with Crippen LogP contribution in [0.1, 0.15) is 27.7 Å². The molecule has 2 heteroatoms. The van der Waals surface area contributed by atoms with E-state index in [9.17, 15) is 0 Å². The highest BCUT2D eigenvalue weighted by Gasteiger charge is 1.95. The van der Waals surface area contributed by atoms with Crippen LogP contribution in [0.15, 0.2) is 0 Å². The van der Waals surface area contributed by atoms with Gasteiger partial charge in [-0.3, -0.25) is 0 Å². The molecule has 0 aliphatic heterocycles. The summed E-state index contributed by atoms with van der Waals surface area (Å²) in [4.78, 5) is 0. The van der Waals surface area contributed by atoms with E-state index in [0.29, 0.717) is 0 Å². The molecule has 0 radical (unpaired) electrons. The van der Waals surface area contributed by atoms with Gasteiger partial charge in [0.25, 0.3) is 0 Å². The lowest BCUT2D eigenvalue weighted by Crippen LogP contribution is -1.90. The molecule has 8 heavy (non-hydrogen) atoms. The van der Waals surface area contributed by atoms with E-state index in [-0.39, 0.29) is 5.48 Å². The normalized spacial score (nSPS) is 9.75. The highest BCUT2D eigenvalue weighted by atomic mass is 31.1. The van der Waals surface area contributed by atoms with Gasteiger partial charge in [0, 0.05) is 0 Å². The van der Waals surface area contributed by atoms with Gasteiger partial charge in [0.15, 0.2) is 0 Å². The molecule has 0 rings (SSSR count). The van der Waals surface area contributed by atoms with Gasteiger partial charge < -0.3 is 5.48 Å². The Labute approximate surface area is 54.0 Å². The highest BCUT2D eigenvalue weighted by Crippen LogP contribution is 2.23. The van der Waals surface area contributed by atoms with E-state index >= 15 is 0 Å². The standard InChI is InChI=1S/C6H15P.H2O/c1-5(2)7-6(3)4;/h5-7H,1-4H3;1H2. The third-order valence-electron chi connectivity index (χ3n) is 0.667. The van der Waals surface area contributed by atoms with Gasteiger partial charge in [-0.05, 0) is 11.3 Å². The summed E-state index contributed by atoms with van der Waals surface area (Å²) in [5.74, 6) is 0. The van der Waals surface area contributed by atoms with Crippen molar-refractivity contribution in [3.63, 3.8) is 0 Å². The minimum atomic E-state index is 0. The molecule has 2 N–H and O–H groups in total. The molecular formula is C6H17OP. The van der Waals surface area contributed by atoms with E-state index in [1.165, 1.54) is 0 Å². The van der Waals surface area contributed by atoms with Gasteiger partial charge in [-0.1, -0.05) is 27.7 Å². The maximum atomic E-state index is 2.28. The Hall–Kier alpha value is 0.390. The molecule has 0 unspecified atom stereocenters. The molecule has 0 aromatic rings. The van der Waals surface area contributed by atoms with E-state index in [1.807, 2.05) is 0 Å². The fourth-order valence-electron chi connectivity index (χ4n) is 0.667. The molecule has 0 aromatic carbocycles. The zero-order chi connectivity index (χ0) is 5.86. The third kappa shape index (κ3) is 9.63. The second-order valence-corrected chi connectivity index (χ2v) is 5.12. The molecule has 0 atom stereocenters. The van der Waals surface area contributed by atoms with Crippen LogP contribution in [-0.2, 0) is 0 Å². The molecule has 0 saturated heterocycles. The van der Waals surface area contributed by atoms with Crippen molar-refractivity contribution in [2.75, 3.05) is 0 Å². The zero-order valence-electron chi connectivity index (χ0n) is 6.15. The summed E-state index contributed by atoms with van der Waals surface area (Å²) in [6.45, 7) is 9.10. The molecule has 1 nitrogen and oxygen atoms in total. The lowest BCUT2D eigenvalue weighted by molar-refractivity contribution is 0.824. The molecular weight excluding hydrogens is 119 g/mol. The Morgan fingerprint density at radius 3 is 1.12 bits per heavy atom. The number of hydrogen-bond acceptors (Lipinski definition) is 0. The van der Waals surface area contributed by atoms with Crippen molar-refractivity contribution < 1.29 is 5.48 Å². The molecule has 0 spiro atoms. The second kappa shape index (κ2) is 5.53. The summed E-state index contributed by atoms with van der Waals surface area (Å²) >= 11 is 0. The molecule has 0 saturated carbocycles. The van der Waals surface area contributed by atoms with Crippen molar-refractivity contribution in [1.29, 1.82) is 0 Å². The average Bonchev–Trinajstić information content (AvgIpc) is 1.27. The van der Waals surface area contributed by atoms with E-state index in [4.69, 9.17) is 0 Å². The van der Waals surface area contributed by atoms with Crippen LogP contribution < -0.4 is 0 Å². The average molecular weight is 136 g/mol. The molecule has 0 aliphatic carbocycles. The van der Waals surface area contributed by atoms with Crippen molar-refractivity contribution in [2.24, 2.45) is 0 Å². The fraction of sp³-hybridized carbons (Fsp3) is 1.00. The van der Waals surface area contributed by atoms with Gasteiger partial charge in [0.2, 0.25) is 0 Å². The van der Waals surface area contributed by atoms with Crippen LogP contribution in [0.4, 0.5) is 0 Å². The minimum absolute atomic E-state index is 0. The SMILES string of the molecule is CC(C)PC(C)C.O. The highest BCUT2D eigenvalue weighted by molar-refractivity contribution is 7.39. The van der Waals surface area contributed by atoms with Crippen molar-refractivity contribution in [3.8, 4) is 0 Å². The first-order valence-electron chi connectivity index (χ1n) is 2.89. The molecule has 0 amide bonds. The lowest BCUT2D eigenvalue weighted by atomic mass is 10.5. The van der Waals surface area contributed by atoms with Gasteiger partial charge in [-0.25, -0.2) is 0 Å². The first-order chi connectivity index (χ1) is 3.13. The van der Waals surface area contributed by atoms with Gasteiger partial charge in [-0.15, -0.1) is 8.58 Å². The van der Waals surface area contributed by atoms with Crippen LogP contribution in [-0.4, -0.2) is 16.8 Å². The summed E-state index contributed by atoms with van der Waals surface area (Å²) in [5.41, 5.74) is 1.81. The Bertz CT molecular complexity index is 37.8. The van der Waals surface area contributed by atoms with E-state index < -0.39 is 0 Å². The van der Waals surface area contributed by atoms with Crippen LogP contribution in [0.2, 0.25) is 0 Å². The Balaban J connectivity index is 0. The predicted octanol–water partition coefficient (Wildman–Crippen LogP) is 1.66. The molecule has 0 fully saturated rings. The summed E-state index contributed by atoms with van der Waals surface area (Å²) in [6.07, 6.45) is 0. The topological polar surface area (TPSA) is 31.5 Å². The van der Waals surface area contributed by atoms with Gasteiger partial charge in [0.1, 0.15) is 0 Å². The molecule has 0 bridgehead atoms. The minimum Gasteiger partial charge on any atom is -0.412 e. The molecule has 0 aromatic heterocycles. The van der Waals surface area contributed by atoms with Crippen LogP contribution in [0.3, 0.4) is 0 Å². The van der Waals surface area contributed by atoms with Crippen LogP contribution in [0.5, 0.6) is 0 Å². The van der Waals surface area contributed by atoms with Crippen LogP contribution >= 0.6 is 8.58 Å². The van der Waals surface area contributed by atoms with Crippen molar-refractivity contribution in [1.82, 2.24) is 0 Å². The van der Waals surface area contributed by atoms with Crippen molar-refractivity contribution in [3.05, 3.63) is 0 Å². The first-order valence-corrected chi connectivity index (χ1v) is 4.04. The van der Waals surface area contributed by atoms with E-state index in [0.717, 1.165) is 19.9 Å². The summed E-state index contributed by atoms with van der Waals surface area (Å²) in [6, 6.07) is 0. The summed E-state index contributed by atoms with van der Waals surface area (Å²) < 4.78 is 0. The van der Waals surface area contributed by atoms with E-state index in [2.05, 4.69) is 27.7 Å². The van der Waals surface area contributed by atoms with Crippen LogP contribution in [0, 0.1) is 0 Å². The van der Waals surface area contributed by atoms with Crippen LogP contribution in [0.25, 0.3) is 0 Å². The zero-order valence-corrected chi connectivity index (χ0v) is 7.15. The Kier molecular flexibility index (Phi) is 7.75. The first kappa shape index (κ1) is 11.2. The Morgan fingerprint density at radius 2 is 1.12 bits per heavy atom. The number of rotatable bonds is 2. The third-order valence-corrected chi connectivity index (χ3v) is 2.00. The van der Waals surface area contributed by atoms with E-state index in [1.54, 1.807) is 0 Å². The Morgan fingerprint density at radius 1 is 0.875 bits per heavy atom. The van der Waals surface area contributed by atoms with Gasteiger partial charge in [0.05, 0.1) is 0 Å². The fourth-order valence-corrected chi connectivity index (χ4v) is 2.00. The largest absolute Gasteiger partial charge is 0.412 e. The lowest BCUT2D eigenvalue weighted by Gasteiger charge is -2.06. The molecule has 52 valence electrons. The predicted molar refractivity (Wildman–Crippen MR) is 42.2 cm³/mol. The van der Waals surface area contributed by atoms with Crippen molar-refractivity contribution >= 4 is 8.58 Å². The summed E-state index contributed by atoms with van der Waals surface area (Å²) in [5, 5.41) is 0. The number of hydrogen-bond donors (Lipinski definition) is 0. The second-order valence-electron chi connectivity index (χ2n) is 2.48. The van der Waals surface area contributed by atoms with Gasteiger partial charge >= 0.3 is 0 Å². The smallest absolute Gasteiger partial charge is 0.0291 e. The molecule has 0 aliphatic rings. The maximum Gasteiger partial charge on any atom is -0.0291 e. The molecule has 0 heterocycles. The quantitative estimate of drug-likeness (QED) is 0.517. The monoisotopic (exact) mass is 136 g/mol. The summed E-state index contributed by atoms with van der Waals surface area (Å²) in [7, 11) is 1.15. The van der Waals surface area contributed by atoms with Crippen molar-refractivity contribution in [2.45, 2.75) is 39.0 Å².